The van der Waals surface area contributed by atoms with Crippen molar-refractivity contribution in [1.29, 1.82) is 0 Å². The van der Waals surface area contributed by atoms with Crippen LogP contribution in [0.25, 0.3) is 0 Å². The third-order valence-electron chi connectivity index (χ3n) is 3.91. The second-order valence-electron chi connectivity index (χ2n) is 5.72. The van der Waals surface area contributed by atoms with Crippen LogP contribution in [0.4, 0.5) is 0 Å². The van der Waals surface area contributed by atoms with E-state index in [1.807, 2.05) is 24.3 Å². The number of ether oxygens (including phenoxy) is 3. The molecule has 0 bridgehead atoms. The molecule has 0 amide bonds. The van der Waals surface area contributed by atoms with Crippen molar-refractivity contribution in [2.24, 2.45) is 0 Å². The number of para-hydroxylation sites is 1. The highest BCUT2D eigenvalue weighted by Gasteiger charge is 2.24. The lowest BCUT2D eigenvalue weighted by molar-refractivity contribution is 0.146. The molecule has 1 aliphatic heterocycles. The van der Waals surface area contributed by atoms with Gasteiger partial charge in [0.25, 0.3) is 0 Å². The standard InChI is InChI=1S/C18H21NO5S/c1-22-10-11-23-15-6-8-17(9-7-15)25(20,21)19-13-16-12-14-4-2-3-5-18(14)24-16/h2-9,16,19H,10-13H2,1H3. The summed E-state index contributed by atoms with van der Waals surface area (Å²) in [5.74, 6) is 1.43. The number of methoxy groups -OCH3 is 1. The Labute approximate surface area is 147 Å². The maximum Gasteiger partial charge on any atom is 0.240 e. The van der Waals surface area contributed by atoms with Gasteiger partial charge in [0, 0.05) is 20.1 Å². The van der Waals surface area contributed by atoms with Gasteiger partial charge in [-0.3, -0.25) is 0 Å². The Balaban J connectivity index is 1.55. The predicted octanol–water partition coefficient (Wildman–Crippen LogP) is 1.99. The number of fused-ring (bicyclic) bond motifs is 1. The van der Waals surface area contributed by atoms with Gasteiger partial charge < -0.3 is 14.2 Å². The lowest BCUT2D eigenvalue weighted by Crippen LogP contribution is -2.34. The molecule has 1 atom stereocenters. The average Bonchev–Trinajstić information content (AvgIpc) is 3.04. The summed E-state index contributed by atoms with van der Waals surface area (Å²) in [6, 6.07) is 14.0. The molecule has 25 heavy (non-hydrogen) atoms. The Morgan fingerprint density at radius 3 is 2.60 bits per heavy atom. The van der Waals surface area contributed by atoms with Crippen LogP contribution in [0.1, 0.15) is 5.56 Å². The Morgan fingerprint density at radius 1 is 1.12 bits per heavy atom. The Morgan fingerprint density at radius 2 is 1.88 bits per heavy atom. The average molecular weight is 363 g/mol. The van der Waals surface area contributed by atoms with E-state index in [2.05, 4.69) is 4.72 Å². The van der Waals surface area contributed by atoms with E-state index in [4.69, 9.17) is 14.2 Å². The highest BCUT2D eigenvalue weighted by Crippen LogP contribution is 2.28. The summed E-state index contributed by atoms with van der Waals surface area (Å²) in [6.45, 7) is 1.12. The Hall–Kier alpha value is -2.09. The summed E-state index contributed by atoms with van der Waals surface area (Å²) in [5, 5.41) is 0. The summed E-state index contributed by atoms with van der Waals surface area (Å²) in [5.41, 5.74) is 1.10. The highest BCUT2D eigenvalue weighted by atomic mass is 32.2. The van der Waals surface area contributed by atoms with Crippen LogP contribution in [-0.4, -0.2) is 41.4 Å². The minimum Gasteiger partial charge on any atom is -0.491 e. The summed E-state index contributed by atoms with van der Waals surface area (Å²) < 4.78 is 43.5. The highest BCUT2D eigenvalue weighted by molar-refractivity contribution is 7.89. The molecule has 2 aromatic rings. The zero-order valence-corrected chi connectivity index (χ0v) is 14.8. The number of nitrogens with one attached hydrogen (secondary N) is 1. The first-order chi connectivity index (χ1) is 12.1. The van der Waals surface area contributed by atoms with Gasteiger partial charge in [0.2, 0.25) is 10.0 Å². The van der Waals surface area contributed by atoms with Crippen LogP contribution >= 0.6 is 0 Å². The van der Waals surface area contributed by atoms with Crippen molar-refractivity contribution in [2.45, 2.75) is 17.4 Å². The van der Waals surface area contributed by atoms with Gasteiger partial charge in [0.15, 0.2) is 0 Å². The smallest absolute Gasteiger partial charge is 0.240 e. The van der Waals surface area contributed by atoms with Gasteiger partial charge in [0.05, 0.1) is 11.5 Å². The van der Waals surface area contributed by atoms with E-state index in [-0.39, 0.29) is 17.5 Å². The topological polar surface area (TPSA) is 73.9 Å². The lowest BCUT2D eigenvalue weighted by atomic mass is 10.1. The monoisotopic (exact) mass is 363 g/mol. The minimum atomic E-state index is -3.59. The Bertz CT molecular complexity index is 779. The molecule has 2 aromatic carbocycles. The quantitative estimate of drug-likeness (QED) is 0.726. The van der Waals surface area contributed by atoms with Crippen molar-refractivity contribution in [1.82, 2.24) is 4.72 Å². The number of rotatable bonds is 8. The molecule has 0 saturated heterocycles. The first kappa shape index (κ1) is 17.7. The molecule has 6 nitrogen and oxygen atoms in total. The van der Waals surface area contributed by atoms with Crippen LogP contribution in [0.15, 0.2) is 53.4 Å². The number of benzene rings is 2. The van der Waals surface area contributed by atoms with Gasteiger partial charge in [-0.2, -0.15) is 0 Å². The van der Waals surface area contributed by atoms with Crippen LogP contribution in [0.2, 0.25) is 0 Å². The van der Waals surface area contributed by atoms with E-state index in [0.29, 0.717) is 25.4 Å². The molecular weight excluding hydrogens is 342 g/mol. The van der Waals surface area contributed by atoms with Crippen molar-refractivity contribution in [2.75, 3.05) is 26.9 Å². The van der Waals surface area contributed by atoms with Crippen LogP contribution < -0.4 is 14.2 Å². The molecule has 1 unspecified atom stereocenters. The van der Waals surface area contributed by atoms with Gasteiger partial charge >= 0.3 is 0 Å². The van der Waals surface area contributed by atoms with E-state index in [1.54, 1.807) is 19.2 Å². The zero-order chi connectivity index (χ0) is 17.7. The largest absolute Gasteiger partial charge is 0.491 e. The van der Waals surface area contributed by atoms with Crippen LogP contribution in [0.3, 0.4) is 0 Å². The van der Waals surface area contributed by atoms with E-state index in [1.165, 1.54) is 12.1 Å². The molecule has 0 radical (unpaired) electrons. The molecule has 1 N–H and O–H groups in total. The van der Waals surface area contributed by atoms with Crippen molar-refractivity contribution in [3.63, 3.8) is 0 Å². The zero-order valence-electron chi connectivity index (χ0n) is 14.0. The third-order valence-corrected chi connectivity index (χ3v) is 5.34. The number of hydrogen-bond acceptors (Lipinski definition) is 5. The van der Waals surface area contributed by atoms with Gasteiger partial charge in [-0.15, -0.1) is 0 Å². The molecule has 1 heterocycles. The molecule has 7 heteroatoms. The van der Waals surface area contributed by atoms with Crippen molar-refractivity contribution < 1.29 is 22.6 Å². The van der Waals surface area contributed by atoms with Gasteiger partial charge in [-0.25, -0.2) is 13.1 Å². The first-order valence-electron chi connectivity index (χ1n) is 8.04. The molecular formula is C18H21NO5S. The van der Waals surface area contributed by atoms with E-state index in [9.17, 15) is 8.42 Å². The van der Waals surface area contributed by atoms with Crippen molar-refractivity contribution in [3.8, 4) is 11.5 Å². The second kappa shape index (κ2) is 7.86. The van der Waals surface area contributed by atoms with Gasteiger partial charge in [-0.05, 0) is 35.9 Å². The van der Waals surface area contributed by atoms with Gasteiger partial charge in [-0.1, -0.05) is 18.2 Å². The molecule has 0 spiro atoms. The summed E-state index contributed by atoms with van der Waals surface area (Å²) >= 11 is 0. The van der Waals surface area contributed by atoms with E-state index < -0.39 is 10.0 Å². The normalized spacial score (nSPS) is 16.3. The molecule has 134 valence electrons. The lowest BCUT2D eigenvalue weighted by Gasteiger charge is -2.13. The SMILES string of the molecule is COCCOc1ccc(S(=O)(=O)NCC2Cc3ccccc3O2)cc1. The fourth-order valence-electron chi connectivity index (χ4n) is 2.61. The number of hydrogen-bond donors (Lipinski definition) is 1. The van der Waals surface area contributed by atoms with E-state index in [0.717, 1.165) is 11.3 Å². The summed E-state index contributed by atoms with van der Waals surface area (Å²) in [7, 11) is -1.99. The number of sulfonamides is 1. The van der Waals surface area contributed by atoms with Gasteiger partial charge in [0.1, 0.15) is 24.2 Å². The maximum atomic E-state index is 12.4. The van der Waals surface area contributed by atoms with Crippen LogP contribution in [-0.2, 0) is 21.2 Å². The maximum absolute atomic E-state index is 12.4. The minimum absolute atomic E-state index is 0.191. The fraction of sp³-hybridized carbons (Fsp3) is 0.333. The molecule has 3 rings (SSSR count). The summed E-state index contributed by atoms with van der Waals surface area (Å²) in [6.07, 6.45) is 0.508. The summed E-state index contributed by atoms with van der Waals surface area (Å²) in [4.78, 5) is 0.196. The molecule has 1 aliphatic rings. The van der Waals surface area contributed by atoms with Crippen LogP contribution in [0.5, 0.6) is 11.5 Å². The van der Waals surface area contributed by atoms with Crippen LogP contribution in [0, 0.1) is 0 Å². The van der Waals surface area contributed by atoms with Crippen molar-refractivity contribution in [3.05, 3.63) is 54.1 Å². The molecule has 0 saturated carbocycles. The molecule has 0 fully saturated rings. The van der Waals surface area contributed by atoms with Crippen molar-refractivity contribution >= 4 is 10.0 Å². The molecule has 0 aliphatic carbocycles. The predicted molar refractivity (Wildman–Crippen MR) is 93.6 cm³/mol. The third kappa shape index (κ3) is 4.50. The second-order valence-corrected chi connectivity index (χ2v) is 7.48. The fourth-order valence-corrected chi connectivity index (χ4v) is 3.68. The first-order valence-corrected chi connectivity index (χ1v) is 9.53. The molecule has 0 aromatic heterocycles. The van der Waals surface area contributed by atoms with E-state index >= 15 is 0 Å². The Kier molecular flexibility index (Phi) is 5.57.